The quantitative estimate of drug-likeness (QED) is 0.177. The zero-order valence-electron chi connectivity index (χ0n) is 29.9. The van der Waals surface area contributed by atoms with E-state index in [1.165, 1.54) is 0 Å². The second-order valence-corrected chi connectivity index (χ2v) is 15.4. The second kappa shape index (κ2) is 15.8. The highest BCUT2D eigenvalue weighted by atomic mass is 16.4. The number of carboxylic acid groups (broad SMARTS) is 1. The fourth-order valence-corrected chi connectivity index (χ4v) is 7.13. The number of carbonyl (C=O) groups excluding carboxylic acids is 2. The molecule has 4 amide bonds. The third-order valence-electron chi connectivity index (χ3n) is 9.16. The number of pyridine rings is 1. The first kappa shape index (κ1) is 37.4. The number of aryl methyl sites for hydroxylation is 1. The van der Waals surface area contributed by atoms with E-state index in [0.29, 0.717) is 26.1 Å². The van der Waals surface area contributed by atoms with E-state index in [4.69, 9.17) is 0 Å². The van der Waals surface area contributed by atoms with Crippen molar-refractivity contribution in [1.29, 1.82) is 0 Å². The largest absolute Gasteiger partial charge is 0.465 e. The minimum atomic E-state index is -1.19. The molecule has 1 aliphatic rings. The van der Waals surface area contributed by atoms with Crippen LogP contribution < -0.4 is 10.6 Å². The third kappa shape index (κ3) is 10.0. The number of aromatic nitrogens is 1. The van der Waals surface area contributed by atoms with E-state index in [9.17, 15) is 24.6 Å². The van der Waals surface area contributed by atoms with Crippen LogP contribution in [0.2, 0.25) is 0 Å². The molecule has 1 aliphatic heterocycles. The lowest BCUT2D eigenvalue weighted by Gasteiger charge is -2.43. The maximum atomic E-state index is 14.6. The molecule has 1 unspecified atom stereocenters. The maximum Gasteiger partial charge on any atom is 0.404 e. The molecule has 5 atom stereocenters. The van der Waals surface area contributed by atoms with Gasteiger partial charge in [0.2, 0.25) is 5.91 Å². The van der Waals surface area contributed by atoms with Crippen LogP contribution >= 0.6 is 0 Å². The van der Waals surface area contributed by atoms with Gasteiger partial charge in [-0.2, -0.15) is 0 Å². The summed E-state index contributed by atoms with van der Waals surface area (Å²) in [6.45, 7) is 15.1. The van der Waals surface area contributed by atoms with Gasteiger partial charge < -0.3 is 30.6 Å². The van der Waals surface area contributed by atoms with Crippen LogP contribution in [0.1, 0.15) is 76.4 Å². The summed E-state index contributed by atoms with van der Waals surface area (Å²) in [4.78, 5) is 48.3. The second-order valence-electron chi connectivity index (χ2n) is 15.4. The van der Waals surface area contributed by atoms with Gasteiger partial charge in [0.05, 0.1) is 24.4 Å². The van der Waals surface area contributed by atoms with Gasteiger partial charge in [-0.05, 0) is 53.9 Å². The molecule has 0 aliphatic carbocycles. The van der Waals surface area contributed by atoms with E-state index < -0.39 is 41.2 Å². The van der Waals surface area contributed by atoms with Gasteiger partial charge in [-0.3, -0.25) is 9.78 Å². The van der Waals surface area contributed by atoms with Crippen LogP contribution in [0.3, 0.4) is 0 Å². The lowest BCUT2D eigenvalue weighted by atomic mass is 9.70. The van der Waals surface area contributed by atoms with Crippen molar-refractivity contribution < 1.29 is 24.6 Å². The molecule has 49 heavy (non-hydrogen) atoms. The Kier molecular flexibility index (Phi) is 12.1. The fourth-order valence-electron chi connectivity index (χ4n) is 7.13. The lowest BCUT2D eigenvalue weighted by molar-refractivity contribution is -0.131. The Balaban J connectivity index is 1.67. The Hall–Kier alpha value is -4.44. The molecule has 0 bridgehead atoms. The van der Waals surface area contributed by atoms with Crippen LogP contribution in [0.15, 0.2) is 78.9 Å². The molecule has 1 saturated heterocycles. The molecule has 4 N–H and O–H groups in total. The summed E-state index contributed by atoms with van der Waals surface area (Å²) in [5.41, 5.74) is 2.45. The van der Waals surface area contributed by atoms with Crippen molar-refractivity contribution in [3.8, 4) is 0 Å². The Morgan fingerprint density at radius 1 is 0.857 bits per heavy atom. The first-order valence-corrected chi connectivity index (χ1v) is 17.1. The number of benzene rings is 2. The number of nitrogens with one attached hydrogen (secondary N) is 2. The highest BCUT2D eigenvalue weighted by Gasteiger charge is 2.46. The van der Waals surface area contributed by atoms with Crippen LogP contribution in [0.4, 0.5) is 9.59 Å². The van der Waals surface area contributed by atoms with Crippen molar-refractivity contribution in [2.24, 2.45) is 10.8 Å². The molecule has 10 heteroatoms. The van der Waals surface area contributed by atoms with Crippen molar-refractivity contribution in [3.05, 3.63) is 101 Å². The summed E-state index contributed by atoms with van der Waals surface area (Å²) < 4.78 is 0. The van der Waals surface area contributed by atoms with Crippen LogP contribution in [-0.4, -0.2) is 80.3 Å². The normalized spacial score (nSPS) is 16.9. The molecular weight excluding hydrogens is 618 g/mol. The Morgan fingerprint density at radius 3 is 2.06 bits per heavy atom. The molecule has 0 saturated carbocycles. The summed E-state index contributed by atoms with van der Waals surface area (Å²) in [5.74, 6) is -0.718. The number of hydrogen-bond donors (Lipinski definition) is 4. The Labute approximate surface area is 290 Å². The first-order valence-electron chi connectivity index (χ1n) is 17.1. The van der Waals surface area contributed by atoms with E-state index in [2.05, 4.69) is 36.4 Å². The van der Waals surface area contributed by atoms with E-state index >= 15 is 0 Å². The van der Waals surface area contributed by atoms with E-state index in [0.717, 1.165) is 22.5 Å². The van der Waals surface area contributed by atoms with Crippen LogP contribution in [0.5, 0.6) is 0 Å². The number of nitrogens with zero attached hydrogens (tertiary/aromatic N) is 3. The third-order valence-corrected chi connectivity index (χ3v) is 9.16. The number of urea groups is 1. The summed E-state index contributed by atoms with van der Waals surface area (Å²) >= 11 is 0. The molecule has 1 aromatic heterocycles. The van der Waals surface area contributed by atoms with Crippen molar-refractivity contribution in [1.82, 2.24) is 25.4 Å². The molecule has 1 fully saturated rings. The lowest BCUT2D eigenvalue weighted by Crippen LogP contribution is -2.60. The van der Waals surface area contributed by atoms with Gasteiger partial charge in [0, 0.05) is 30.7 Å². The average molecular weight is 672 g/mol. The van der Waals surface area contributed by atoms with Crippen molar-refractivity contribution in [2.45, 2.75) is 98.0 Å². The zero-order chi connectivity index (χ0) is 35.9. The summed E-state index contributed by atoms with van der Waals surface area (Å²) in [7, 11) is 0. The van der Waals surface area contributed by atoms with E-state index in [-0.39, 0.29) is 24.3 Å². The molecular formula is C39H53N5O5. The fraction of sp³-hybridized carbons (Fsp3) is 0.487. The maximum absolute atomic E-state index is 14.6. The SMILES string of the molecule is Cc1cccc(CN2CCN([C@H](C(=O)N[C@@H](C(c3ccccc3)C(C)(C)C)[C@@H](O)C[C@H](Cc3ccccc3)NC(=O)O)C(C)(C)C)C2=O)n1. The van der Waals surface area contributed by atoms with Crippen LogP contribution in [-0.2, 0) is 17.8 Å². The van der Waals surface area contributed by atoms with Gasteiger partial charge in [0.25, 0.3) is 0 Å². The predicted octanol–water partition coefficient (Wildman–Crippen LogP) is 5.99. The van der Waals surface area contributed by atoms with Crippen LogP contribution in [0.25, 0.3) is 0 Å². The number of rotatable bonds is 13. The van der Waals surface area contributed by atoms with Gasteiger partial charge in [0.1, 0.15) is 6.04 Å². The van der Waals surface area contributed by atoms with Gasteiger partial charge in [0.15, 0.2) is 0 Å². The minimum absolute atomic E-state index is 0.0612. The molecule has 0 spiro atoms. The van der Waals surface area contributed by atoms with Gasteiger partial charge in [-0.1, -0.05) is 108 Å². The molecule has 0 radical (unpaired) electrons. The number of aliphatic hydroxyl groups excluding tert-OH is 1. The van der Waals surface area contributed by atoms with E-state index in [1.807, 2.05) is 107 Å². The smallest absolute Gasteiger partial charge is 0.404 e. The van der Waals surface area contributed by atoms with Crippen molar-refractivity contribution >= 4 is 18.0 Å². The summed E-state index contributed by atoms with van der Waals surface area (Å²) in [6, 6.07) is 22.5. The van der Waals surface area contributed by atoms with Gasteiger partial charge in [-0.15, -0.1) is 0 Å². The number of hydrogen-bond acceptors (Lipinski definition) is 5. The highest BCUT2D eigenvalue weighted by molar-refractivity contribution is 5.89. The molecule has 4 rings (SSSR count). The first-order chi connectivity index (χ1) is 23.0. The molecule has 2 heterocycles. The molecule has 10 nitrogen and oxygen atoms in total. The minimum Gasteiger partial charge on any atom is -0.465 e. The summed E-state index contributed by atoms with van der Waals surface area (Å²) in [5, 5.41) is 27.6. The monoisotopic (exact) mass is 671 g/mol. The highest BCUT2D eigenvalue weighted by Crippen LogP contribution is 2.40. The Bertz CT molecular complexity index is 1550. The Morgan fingerprint density at radius 2 is 1.49 bits per heavy atom. The number of amides is 4. The van der Waals surface area contributed by atoms with Crippen molar-refractivity contribution in [3.63, 3.8) is 0 Å². The van der Waals surface area contributed by atoms with Gasteiger partial charge >= 0.3 is 12.1 Å². The van der Waals surface area contributed by atoms with Crippen molar-refractivity contribution in [2.75, 3.05) is 13.1 Å². The average Bonchev–Trinajstić information content (AvgIpc) is 3.34. The predicted molar refractivity (Wildman–Crippen MR) is 191 cm³/mol. The van der Waals surface area contributed by atoms with Crippen LogP contribution in [0, 0.1) is 17.8 Å². The van der Waals surface area contributed by atoms with Gasteiger partial charge in [-0.25, -0.2) is 9.59 Å². The topological polar surface area (TPSA) is 135 Å². The zero-order valence-corrected chi connectivity index (χ0v) is 29.9. The summed E-state index contributed by atoms with van der Waals surface area (Å²) in [6.07, 6.45) is -1.89. The molecule has 264 valence electrons. The number of aliphatic hydroxyl groups is 1. The standard InChI is InChI=1S/C39H53N5O5/c1-26-15-14-20-29(40-26)25-43-21-22-44(37(43)49)34(39(5,6)7)35(46)42-33(32(38(2,3)4)28-18-12-9-13-19-28)31(45)24-30(41-36(47)48)23-27-16-10-8-11-17-27/h8-20,30-34,41,45H,21-25H2,1-7H3,(H,42,46)(H,47,48)/t30-,31-,32?,33+,34+/m0/s1. The molecule has 3 aromatic rings. The molecule has 2 aromatic carbocycles. The number of carbonyl (C=O) groups is 3. The van der Waals surface area contributed by atoms with E-state index in [1.54, 1.807) is 9.80 Å².